The van der Waals surface area contributed by atoms with Gasteiger partial charge in [0, 0.05) is 24.2 Å². The molecule has 5 nitrogen and oxygen atoms in total. The highest BCUT2D eigenvalue weighted by atomic mass is 16.7. The van der Waals surface area contributed by atoms with Crippen molar-refractivity contribution in [3.05, 3.63) is 0 Å². The van der Waals surface area contributed by atoms with Crippen molar-refractivity contribution in [2.75, 3.05) is 7.11 Å². The predicted molar refractivity (Wildman–Crippen MR) is 97.5 cm³/mol. The molecule has 1 aliphatic carbocycles. The Morgan fingerprint density at radius 1 is 1.08 bits per heavy atom. The molecule has 26 heavy (non-hydrogen) atoms. The first kappa shape index (κ1) is 19.8. The Morgan fingerprint density at radius 2 is 1.77 bits per heavy atom. The maximum Gasteiger partial charge on any atom is 0.308 e. The van der Waals surface area contributed by atoms with Gasteiger partial charge in [-0.05, 0) is 38.5 Å². The van der Waals surface area contributed by atoms with Crippen molar-refractivity contribution >= 4 is 11.8 Å². The Morgan fingerprint density at radius 3 is 2.38 bits per heavy atom. The number of esters is 1. The molecule has 0 N–H and O–H groups in total. The first-order valence-electron chi connectivity index (χ1n) is 9.91. The van der Waals surface area contributed by atoms with E-state index in [0.717, 1.165) is 32.1 Å². The minimum Gasteiger partial charge on any atom is -0.469 e. The molecule has 0 unspecified atom stereocenters. The topological polar surface area (TPSA) is 61.8 Å². The molecular weight excluding hydrogens is 332 g/mol. The van der Waals surface area contributed by atoms with Crippen LogP contribution in [0.1, 0.15) is 79.6 Å². The molecule has 3 fully saturated rings. The van der Waals surface area contributed by atoms with Crippen LogP contribution in [0.5, 0.6) is 0 Å². The fourth-order valence-corrected chi connectivity index (χ4v) is 6.23. The van der Waals surface area contributed by atoms with Crippen LogP contribution in [0, 0.1) is 16.7 Å². The van der Waals surface area contributed by atoms with Crippen LogP contribution in [0.4, 0.5) is 0 Å². The lowest BCUT2D eigenvalue weighted by Gasteiger charge is -2.51. The van der Waals surface area contributed by atoms with Gasteiger partial charge in [-0.25, -0.2) is 0 Å². The van der Waals surface area contributed by atoms with E-state index in [2.05, 4.69) is 20.8 Å². The summed E-state index contributed by atoms with van der Waals surface area (Å²) in [4.78, 5) is 23.8. The second-order valence-electron chi connectivity index (χ2n) is 9.86. The summed E-state index contributed by atoms with van der Waals surface area (Å²) in [6.45, 7) is 10.5. The monoisotopic (exact) mass is 366 g/mol. The van der Waals surface area contributed by atoms with E-state index in [1.807, 2.05) is 6.92 Å². The van der Waals surface area contributed by atoms with Gasteiger partial charge in [0.1, 0.15) is 5.78 Å². The molecule has 0 amide bonds. The van der Waals surface area contributed by atoms with E-state index in [9.17, 15) is 9.59 Å². The van der Waals surface area contributed by atoms with Crippen molar-refractivity contribution in [3.8, 4) is 0 Å². The lowest BCUT2D eigenvalue weighted by Crippen LogP contribution is -2.52. The normalized spacial score (nSPS) is 44.1. The van der Waals surface area contributed by atoms with E-state index < -0.39 is 11.4 Å². The zero-order valence-corrected chi connectivity index (χ0v) is 17.1. The van der Waals surface area contributed by atoms with Gasteiger partial charge >= 0.3 is 5.97 Å². The molecule has 2 aliphatic heterocycles. The van der Waals surface area contributed by atoms with Gasteiger partial charge in [-0.1, -0.05) is 27.2 Å². The van der Waals surface area contributed by atoms with Crippen LogP contribution in [-0.2, 0) is 23.8 Å². The lowest BCUT2D eigenvalue weighted by atomic mass is 9.53. The highest BCUT2D eigenvalue weighted by Crippen LogP contribution is 2.68. The van der Waals surface area contributed by atoms with Crippen molar-refractivity contribution in [3.63, 3.8) is 0 Å². The third-order valence-electron chi connectivity index (χ3n) is 7.26. The number of carbonyl (C=O) groups is 2. The summed E-state index contributed by atoms with van der Waals surface area (Å²) in [5, 5.41) is 0. The van der Waals surface area contributed by atoms with Gasteiger partial charge in [-0.15, -0.1) is 0 Å². The molecule has 2 saturated heterocycles. The number of methoxy groups -OCH3 is 1. The van der Waals surface area contributed by atoms with Crippen molar-refractivity contribution in [2.45, 2.75) is 97.1 Å². The molecule has 0 aromatic carbocycles. The van der Waals surface area contributed by atoms with E-state index in [-0.39, 0.29) is 41.0 Å². The standard InChI is InChI=1S/C21H34O5/c1-14(22)12-15-17-18(2,3)8-7-9-20(17,5)21(25-15)11-10-19(4,26-21)13-16(23)24-6/h15,17H,7-13H2,1-6H3/t15-,17+,19-,20+,21+/m1/s1. The first-order valence-corrected chi connectivity index (χ1v) is 9.91. The Kier molecular flexibility index (Phi) is 4.80. The number of fused-ring (bicyclic) bond motifs is 2. The maximum absolute atomic E-state index is 11.9. The van der Waals surface area contributed by atoms with Crippen molar-refractivity contribution < 1.29 is 23.8 Å². The number of hydrogen-bond donors (Lipinski definition) is 0. The summed E-state index contributed by atoms with van der Waals surface area (Å²) < 4.78 is 18.1. The number of carbonyl (C=O) groups excluding carboxylic acids is 2. The van der Waals surface area contributed by atoms with E-state index in [1.54, 1.807) is 6.92 Å². The van der Waals surface area contributed by atoms with E-state index in [0.29, 0.717) is 6.42 Å². The second kappa shape index (κ2) is 6.30. The summed E-state index contributed by atoms with van der Waals surface area (Å²) in [6.07, 6.45) is 5.38. The average Bonchev–Trinajstić information content (AvgIpc) is 2.94. The number of Topliss-reactive ketones (excluding diaryl/α,β-unsaturated/α-hetero) is 1. The molecule has 0 aromatic rings. The quantitative estimate of drug-likeness (QED) is 0.703. The zero-order valence-electron chi connectivity index (χ0n) is 17.1. The molecule has 148 valence electrons. The van der Waals surface area contributed by atoms with Crippen LogP contribution in [-0.4, -0.2) is 36.4 Å². The van der Waals surface area contributed by atoms with Crippen molar-refractivity contribution in [1.82, 2.24) is 0 Å². The molecule has 2 heterocycles. The second-order valence-corrected chi connectivity index (χ2v) is 9.86. The maximum atomic E-state index is 11.9. The molecule has 0 radical (unpaired) electrons. The molecule has 5 heteroatoms. The average molecular weight is 366 g/mol. The fourth-order valence-electron chi connectivity index (χ4n) is 6.23. The van der Waals surface area contributed by atoms with Crippen LogP contribution in [0.15, 0.2) is 0 Å². The SMILES string of the molecule is COC(=O)C[C@@]1(C)CC[C@]2(O[C@H](CC(C)=O)[C@H]3C(C)(C)CCC[C@@]32C)O1. The number of rotatable bonds is 4. The summed E-state index contributed by atoms with van der Waals surface area (Å²) in [5.74, 6) is -0.536. The molecule has 5 atom stereocenters. The van der Waals surface area contributed by atoms with E-state index >= 15 is 0 Å². The van der Waals surface area contributed by atoms with Crippen LogP contribution in [0.25, 0.3) is 0 Å². The summed E-state index contributed by atoms with van der Waals surface area (Å²) in [7, 11) is 1.41. The van der Waals surface area contributed by atoms with Gasteiger partial charge in [0.05, 0.1) is 25.2 Å². The smallest absolute Gasteiger partial charge is 0.308 e. The van der Waals surface area contributed by atoms with Crippen LogP contribution >= 0.6 is 0 Å². The highest BCUT2D eigenvalue weighted by molar-refractivity contribution is 5.76. The molecule has 3 rings (SSSR count). The summed E-state index contributed by atoms with van der Waals surface area (Å²) in [5.41, 5.74) is -0.628. The molecule has 3 aliphatic rings. The third kappa shape index (κ3) is 3.01. The third-order valence-corrected chi connectivity index (χ3v) is 7.26. The van der Waals surface area contributed by atoms with Crippen LogP contribution in [0.2, 0.25) is 0 Å². The fraction of sp³-hybridized carbons (Fsp3) is 0.905. The highest BCUT2D eigenvalue weighted by Gasteiger charge is 2.70. The van der Waals surface area contributed by atoms with Crippen molar-refractivity contribution in [2.24, 2.45) is 16.7 Å². The van der Waals surface area contributed by atoms with E-state index in [4.69, 9.17) is 14.2 Å². The molecule has 0 aromatic heterocycles. The first-order chi connectivity index (χ1) is 12.0. The van der Waals surface area contributed by atoms with Gasteiger partial charge in [-0.2, -0.15) is 0 Å². The van der Waals surface area contributed by atoms with Crippen LogP contribution in [0.3, 0.4) is 0 Å². The molecule has 1 spiro atoms. The lowest BCUT2D eigenvalue weighted by molar-refractivity contribution is -0.280. The summed E-state index contributed by atoms with van der Waals surface area (Å²) >= 11 is 0. The molecule has 1 saturated carbocycles. The summed E-state index contributed by atoms with van der Waals surface area (Å²) in [6, 6.07) is 0. The Balaban J connectivity index is 1.95. The van der Waals surface area contributed by atoms with Crippen molar-refractivity contribution in [1.29, 1.82) is 0 Å². The number of hydrogen-bond acceptors (Lipinski definition) is 5. The molecular formula is C21H34O5. The largest absolute Gasteiger partial charge is 0.469 e. The zero-order chi connectivity index (χ0) is 19.4. The number of ketones is 1. The van der Waals surface area contributed by atoms with Gasteiger partial charge in [0.25, 0.3) is 0 Å². The number of ether oxygens (including phenoxy) is 3. The van der Waals surface area contributed by atoms with Gasteiger partial charge in [0.2, 0.25) is 0 Å². The van der Waals surface area contributed by atoms with Crippen LogP contribution < -0.4 is 0 Å². The van der Waals surface area contributed by atoms with Gasteiger partial charge < -0.3 is 14.2 Å². The Labute approximate surface area is 157 Å². The van der Waals surface area contributed by atoms with E-state index in [1.165, 1.54) is 7.11 Å². The minimum absolute atomic E-state index is 0.0985. The Bertz CT molecular complexity index is 599. The minimum atomic E-state index is -0.710. The van der Waals surface area contributed by atoms with Gasteiger partial charge in [-0.3, -0.25) is 9.59 Å². The molecule has 0 bridgehead atoms. The Hall–Kier alpha value is -0.940. The predicted octanol–water partition coefficient (Wildman–Crippen LogP) is 4.03. The van der Waals surface area contributed by atoms with Gasteiger partial charge in [0.15, 0.2) is 5.79 Å².